The van der Waals surface area contributed by atoms with Crippen LogP contribution in [0.4, 0.5) is 11.4 Å². The zero-order valence-electron chi connectivity index (χ0n) is 29.4. The van der Waals surface area contributed by atoms with Crippen LogP contribution in [0.25, 0.3) is 0 Å². The highest BCUT2D eigenvalue weighted by atomic mass is 32.2. The van der Waals surface area contributed by atoms with Crippen molar-refractivity contribution >= 4 is 53.4 Å². The molecule has 0 aliphatic carbocycles. The van der Waals surface area contributed by atoms with Gasteiger partial charge in [0, 0.05) is 47.5 Å². The van der Waals surface area contributed by atoms with Crippen LogP contribution in [-0.2, 0) is 41.2 Å². The summed E-state index contributed by atoms with van der Waals surface area (Å²) in [5.74, 6) is -1.78. The summed E-state index contributed by atoms with van der Waals surface area (Å²) in [4.78, 5) is 13.5. The van der Waals surface area contributed by atoms with Gasteiger partial charge in [-0.15, -0.1) is 0 Å². The molecule has 0 atom stereocenters. The van der Waals surface area contributed by atoms with Gasteiger partial charge in [-0.1, -0.05) is 44.2 Å². The van der Waals surface area contributed by atoms with Crippen molar-refractivity contribution in [2.45, 2.75) is 69.1 Å². The van der Waals surface area contributed by atoms with E-state index in [9.17, 15) is 39.7 Å². The third-order valence-corrected chi connectivity index (χ3v) is 11.8. The van der Waals surface area contributed by atoms with E-state index < -0.39 is 47.2 Å². The maximum atomic E-state index is 11.9. The van der Waals surface area contributed by atoms with Crippen molar-refractivity contribution < 1.29 is 53.4 Å². The van der Waals surface area contributed by atoms with Crippen molar-refractivity contribution in [1.82, 2.24) is 0 Å². The molecule has 0 spiro atoms. The molecule has 0 unspecified atom stereocenters. The van der Waals surface area contributed by atoms with E-state index in [2.05, 4.69) is 0 Å². The van der Waals surface area contributed by atoms with Crippen LogP contribution in [0.5, 0.6) is 0 Å². The molecule has 0 bridgehead atoms. The van der Waals surface area contributed by atoms with E-state index in [1.54, 1.807) is 18.2 Å². The number of anilines is 1. The Morgan fingerprint density at radius 3 is 1.98 bits per heavy atom. The quantitative estimate of drug-likeness (QED) is 0.0702. The highest BCUT2D eigenvalue weighted by molar-refractivity contribution is 7.86. The lowest BCUT2D eigenvalue weighted by molar-refractivity contribution is -0.438. The molecule has 4 N–H and O–H groups in total. The molecule has 2 aliphatic rings. The predicted molar refractivity (Wildman–Crippen MR) is 200 cm³/mol. The molecule has 0 fully saturated rings. The Kier molecular flexibility index (Phi) is 12.2. The van der Waals surface area contributed by atoms with E-state index in [-0.39, 0.29) is 34.8 Å². The number of hydrogen-bond acceptors (Lipinski definition) is 8. The minimum atomic E-state index is -4.45. The third-order valence-electron chi connectivity index (χ3n) is 9.32. The van der Waals surface area contributed by atoms with Gasteiger partial charge in [-0.05, 0) is 75.1 Å². The first kappa shape index (κ1) is 40.8. The number of aromatic carboxylic acids is 1. The van der Waals surface area contributed by atoms with E-state index in [4.69, 9.17) is 9.11 Å². The minimum Gasteiger partial charge on any atom is -0.478 e. The number of fused-ring (bicyclic) bond motifs is 2. The van der Waals surface area contributed by atoms with Crippen LogP contribution in [0.2, 0.25) is 0 Å². The first-order chi connectivity index (χ1) is 24.0. The van der Waals surface area contributed by atoms with Crippen molar-refractivity contribution in [3.05, 3.63) is 101 Å². The van der Waals surface area contributed by atoms with Gasteiger partial charge in [0.1, 0.15) is 6.54 Å². The van der Waals surface area contributed by atoms with Crippen molar-refractivity contribution in [2.24, 2.45) is 0 Å². The Labute approximate surface area is 305 Å². The number of unbranched alkanes of at least 4 members (excludes halogenated alkanes) is 2. The molecule has 0 saturated carbocycles. The molecule has 16 heteroatoms. The highest BCUT2D eigenvalue weighted by Gasteiger charge is 2.44. The first-order valence-corrected chi connectivity index (χ1v) is 21.2. The third kappa shape index (κ3) is 9.73. The van der Waals surface area contributed by atoms with E-state index in [1.807, 2.05) is 79.7 Å². The number of carboxylic acid groups (broad SMARTS) is 1. The number of benzene rings is 2. The second-order valence-corrected chi connectivity index (χ2v) is 18.4. The van der Waals surface area contributed by atoms with E-state index in [0.717, 1.165) is 28.3 Å². The van der Waals surface area contributed by atoms with Gasteiger partial charge in [-0.2, -0.15) is 29.8 Å². The van der Waals surface area contributed by atoms with Gasteiger partial charge in [0.25, 0.3) is 30.4 Å². The van der Waals surface area contributed by atoms with Gasteiger partial charge in [0.2, 0.25) is 5.69 Å². The van der Waals surface area contributed by atoms with Crippen molar-refractivity contribution in [1.29, 1.82) is 0 Å². The molecule has 2 heterocycles. The molecule has 0 radical (unpaired) electrons. The Bertz CT molecular complexity index is 2210. The second-order valence-electron chi connectivity index (χ2n) is 13.8. The summed E-state index contributed by atoms with van der Waals surface area (Å²) in [7, 11) is -12.7. The van der Waals surface area contributed by atoms with Gasteiger partial charge in [-0.25, -0.2) is 4.79 Å². The zero-order chi connectivity index (χ0) is 38.7. The molecule has 13 nitrogen and oxygen atoms in total. The topological polar surface area (TPSA) is 207 Å². The van der Waals surface area contributed by atoms with Gasteiger partial charge in [0.15, 0.2) is 5.71 Å². The monoisotopic (exact) mass is 777 g/mol. The number of carbonyl (C=O) groups is 1. The number of rotatable bonds is 16. The highest BCUT2D eigenvalue weighted by Crippen LogP contribution is 2.48. The molecular formula is C36H45N2O11S3+. The number of nitrogens with zero attached hydrogens (tertiary/aromatic N) is 2. The fraction of sp³-hybridized carbons (Fsp3) is 0.389. The van der Waals surface area contributed by atoms with Crippen LogP contribution in [-0.4, -0.2) is 84.9 Å². The minimum absolute atomic E-state index is 0.159. The lowest BCUT2D eigenvalue weighted by Crippen LogP contribution is -2.28. The summed E-state index contributed by atoms with van der Waals surface area (Å²) in [6.45, 7) is 8.66. The summed E-state index contributed by atoms with van der Waals surface area (Å²) in [5, 5.41) is 9.59. The predicted octanol–water partition coefficient (Wildman–Crippen LogP) is 5.69. The fourth-order valence-corrected chi connectivity index (χ4v) is 8.34. The first-order valence-electron chi connectivity index (χ1n) is 16.6. The van der Waals surface area contributed by atoms with Crippen LogP contribution in [0.15, 0.2) is 89.5 Å². The Hall–Kier alpha value is -3.93. The van der Waals surface area contributed by atoms with Crippen LogP contribution in [0, 0.1) is 0 Å². The molecule has 4 rings (SSSR count). The van der Waals surface area contributed by atoms with E-state index in [0.29, 0.717) is 31.5 Å². The normalized spacial score (nSPS) is 18.0. The van der Waals surface area contributed by atoms with E-state index >= 15 is 0 Å². The largest absolute Gasteiger partial charge is 0.478 e. The standard InChI is InChI=1S/C36H44N2O11S3/c1-35(2)28-24-26(34(39)40)16-18-30(28)37(20-10-12-22-50(41,42)43)32(35)14-8-6-5-7-9-15-33-36(3,4)29-25-27(52(47,48)49)17-19-31(29)38(33)21-11-13-23-51(44,45)46/h5-9,14-19,24-25H,10-13,20-23H2,1-4H3,(H3-,39,40,41,42,43,44,45,46,47,48,49)/p+1. The van der Waals surface area contributed by atoms with Gasteiger partial charge in [0.05, 0.1) is 27.4 Å². The van der Waals surface area contributed by atoms with Gasteiger partial charge in [-0.3, -0.25) is 13.7 Å². The number of carboxylic acids is 1. The molecule has 0 saturated heterocycles. The van der Waals surface area contributed by atoms with E-state index in [1.165, 1.54) is 18.2 Å². The summed E-state index contributed by atoms with van der Waals surface area (Å²) in [5.41, 5.74) is 3.64. The number of allylic oxidation sites excluding steroid dienone is 8. The zero-order valence-corrected chi connectivity index (χ0v) is 31.9. The molecule has 0 aromatic heterocycles. The average Bonchev–Trinajstić information content (AvgIpc) is 3.37. The Morgan fingerprint density at radius 1 is 0.750 bits per heavy atom. The number of hydrogen-bond donors (Lipinski definition) is 4. The van der Waals surface area contributed by atoms with Gasteiger partial charge >= 0.3 is 5.97 Å². The van der Waals surface area contributed by atoms with Crippen LogP contribution >= 0.6 is 0 Å². The summed E-state index contributed by atoms with van der Waals surface area (Å²) < 4.78 is 98.8. The molecule has 2 aromatic carbocycles. The lowest BCUT2D eigenvalue weighted by atomic mass is 9.81. The molecule has 2 aliphatic heterocycles. The van der Waals surface area contributed by atoms with Gasteiger partial charge < -0.3 is 10.0 Å². The SMILES string of the molecule is CC1(C)C(=CC=CC=CC=CC2=[N+](CCCCS(=O)(=O)O)c3ccc(C(=O)O)cc3C2(C)C)N(CCCCS(=O)(=O)O)c2ccc(S(=O)(=O)O)cc21. The molecule has 52 heavy (non-hydrogen) atoms. The Balaban J connectivity index is 1.59. The van der Waals surface area contributed by atoms with Crippen molar-refractivity contribution in [3.8, 4) is 0 Å². The Morgan fingerprint density at radius 2 is 1.37 bits per heavy atom. The van der Waals surface area contributed by atoms with Crippen molar-refractivity contribution in [3.63, 3.8) is 0 Å². The summed E-state index contributed by atoms with van der Waals surface area (Å²) >= 11 is 0. The van der Waals surface area contributed by atoms with Crippen LogP contribution in [0.3, 0.4) is 0 Å². The average molecular weight is 778 g/mol. The molecule has 0 amide bonds. The lowest BCUT2D eigenvalue weighted by Gasteiger charge is -2.27. The maximum Gasteiger partial charge on any atom is 0.335 e. The molecule has 282 valence electrons. The second kappa shape index (κ2) is 15.6. The maximum absolute atomic E-state index is 11.9. The molecule has 2 aromatic rings. The van der Waals surface area contributed by atoms with Crippen molar-refractivity contribution in [2.75, 3.05) is 29.5 Å². The summed E-state index contributed by atoms with van der Waals surface area (Å²) in [6.07, 6.45) is 14.3. The van der Waals surface area contributed by atoms with Crippen LogP contribution in [0.1, 0.15) is 74.9 Å². The van der Waals surface area contributed by atoms with Crippen LogP contribution < -0.4 is 4.90 Å². The summed E-state index contributed by atoms with van der Waals surface area (Å²) in [6, 6.07) is 9.30. The molecular weight excluding hydrogens is 733 g/mol. The smallest absolute Gasteiger partial charge is 0.335 e. The fourth-order valence-electron chi connectivity index (χ4n) is 6.70.